The van der Waals surface area contributed by atoms with E-state index in [1.165, 1.54) is 18.7 Å². The van der Waals surface area contributed by atoms with Crippen molar-refractivity contribution >= 4 is 35.5 Å². The van der Waals surface area contributed by atoms with E-state index < -0.39 is 35.2 Å². The lowest BCUT2D eigenvalue weighted by Crippen LogP contribution is -2.70. The van der Waals surface area contributed by atoms with Crippen LogP contribution >= 0.6 is 11.8 Å². The lowest BCUT2D eigenvalue weighted by Gasteiger charge is -2.49. The monoisotopic (exact) mass is 410 g/mol. The first-order valence-electron chi connectivity index (χ1n) is 8.46. The van der Waals surface area contributed by atoms with Crippen molar-refractivity contribution in [3.8, 4) is 0 Å². The van der Waals surface area contributed by atoms with Crippen LogP contribution in [0.2, 0.25) is 0 Å². The van der Waals surface area contributed by atoms with Crippen LogP contribution < -0.4 is 5.32 Å². The molecule has 0 aliphatic carbocycles. The highest BCUT2D eigenvalue weighted by molar-refractivity contribution is 8.00. The molecule has 2 amide bonds. The maximum atomic E-state index is 12.5. The number of aliphatic carboxylic acids is 1. The average Bonchev–Trinajstić information content (AvgIpc) is 3.10. The van der Waals surface area contributed by atoms with Gasteiger partial charge in [0.2, 0.25) is 11.8 Å². The number of thioether (sulfide) groups is 1. The summed E-state index contributed by atoms with van der Waals surface area (Å²) < 4.78 is 9.80. The molecule has 1 saturated heterocycles. The summed E-state index contributed by atoms with van der Waals surface area (Å²) >= 11 is 1.29. The van der Waals surface area contributed by atoms with E-state index in [-0.39, 0.29) is 30.3 Å². The van der Waals surface area contributed by atoms with Crippen LogP contribution in [0.5, 0.6) is 0 Å². The molecule has 0 aromatic carbocycles. The number of carbonyl (C=O) groups is 4. The highest BCUT2D eigenvalue weighted by Gasteiger charge is 2.54. The van der Waals surface area contributed by atoms with Gasteiger partial charge >= 0.3 is 11.9 Å². The number of rotatable bonds is 7. The van der Waals surface area contributed by atoms with Crippen molar-refractivity contribution in [3.63, 3.8) is 0 Å². The number of amides is 2. The normalized spacial score (nSPS) is 21.1. The van der Waals surface area contributed by atoms with Crippen molar-refractivity contribution in [1.29, 1.82) is 0 Å². The molecule has 1 fully saturated rings. The third kappa shape index (κ3) is 3.86. The van der Waals surface area contributed by atoms with Crippen molar-refractivity contribution in [2.45, 2.75) is 38.1 Å². The Hall–Kier alpha value is -2.89. The molecule has 12 heteroatoms. The van der Waals surface area contributed by atoms with Gasteiger partial charge in [0.15, 0.2) is 5.82 Å². The third-order valence-electron chi connectivity index (χ3n) is 4.15. The third-order valence-corrected chi connectivity index (χ3v) is 5.49. The summed E-state index contributed by atoms with van der Waals surface area (Å²) in [6, 6.07) is -0.848. The van der Waals surface area contributed by atoms with Gasteiger partial charge in [-0.2, -0.15) is 4.98 Å². The lowest BCUT2D eigenvalue weighted by atomic mass is 10.0. The summed E-state index contributed by atoms with van der Waals surface area (Å²) in [5.74, 6) is -1.95. The van der Waals surface area contributed by atoms with Crippen LogP contribution in [0.1, 0.15) is 25.6 Å². The van der Waals surface area contributed by atoms with Gasteiger partial charge in [-0.15, -0.1) is 11.8 Å². The molecule has 1 aromatic rings. The highest BCUT2D eigenvalue weighted by atomic mass is 32.2. The zero-order chi connectivity index (χ0) is 20.4. The van der Waals surface area contributed by atoms with Crippen molar-refractivity contribution in [2.24, 2.45) is 0 Å². The second-order valence-electron chi connectivity index (χ2n) is 6.13. The van der Waals surface area contributed by atoms with E-state index in [1.54, 1.807) is 0 Å². The predicted molar refractivity (Wildman–Crippen MR) is 93.7 cm³/mol. The molecule has 2 atom stereocenters. The van der Waals surface area contributed by atoms with Gasteiger partial charge in [0.25, 0.3) is 5.91 Å². The van der Waals surface area contributed by atoms with Crippen LogP contribution in [-0.4, -0.2) is 67.7 Å². The van der Waals surface area contributed by atoms with Gasteiger partial charge in [0, 0.05) is 24.7 Å². The van der Waals surface area contributed by atoms with E-state index in [9.17, 15) is 24.3 Å². The number of aromatic nitrogens is 2. The zero-order valence-corrected chi connectivity index (χ0v) is 15.9. The number of esters is 1. The SMILES string of the molecule is CCc1nc(CC(=O)NC2C(=O)N3C(C(=O)O)=C(COC(C)=O)CS[C@@H]23)no1. The van der Waals surface area contributed by atoms with Gasteiger partial charge in [0.05, 0.1) is 6.42 Å². The number of hydrogen-bond donors (Lipinski definition) is 2. The Balaban J connectivity index is 1.66. The summed E-state index contributed by atoms with van der Waals surface area (Å²) in [6.45, 7) is 2.85. The molecule has 0 saturated carbocycles. The fourth-order valence-corrected chi connectivity index (χ4v) is 4.18. The Bertz CT molecular complexity index is 865. The van der Waals surface area contributed by atoms with E-state index in [0.717, 1.165) is 4.90 Å². The number of ether oxygens (including phenoxy) is 1. The molecule has 1 unspecified atom stereocenters. The van der Waals surface area contributed by atoms with E-state index in [1.807, 2.05) is 6.92 Å². The summed E-state index contributed by atoms with van der Waals surface area (Å²) in [4.78, 5) is 52.4. The number of aryl methyl sites for hydroxylation is 1. The maximum Gasteiger partial charge on any atom is 0.352 e. The first kappa shape index (κ1) is 19.9. The molecule has 3 heterocycles. The summed E-state index contributed by atoms with van der Waals surface area (Å²) in [5.41, 5.74) is 0.132. The summed E-state index contributed by atoms with van der Waals surface area (Å²) in [6.07, 6.45) is 0.396. The zero-order valence-electron chi connectivity index (χ0n) is 15.1. The van der Waals surface area contributed by atoms with Gasteiger partial charge < -0.3 is 19.7 Å². The molecule has 1 aromatic heterocycles. The Morgan fingerprint density at radius 2 is 2.18 bits per heavy atom. The number of β-lactam (4-membered cyclic amide) rings is 1. The Labute approximate surface area is 163 Å². The number of carboxylic acids is 1. The second kappa shape index (κ2) is 8.00. The van der Waals surface area contributed by atoms with Crippen LogP contribution in [0, 0.1) is 0 Å². The first-order valence-corrected chi connectivity index (χ1v) is 9.50. The summed E-state index contributed by atoms with van der Waals surface area (Å²) in [5, 5.41) is 15.2. The smallest absolute Gasteiger partial charge is 0.352 e. The van der Waals surface area contributed by atoms with Crippen LogP contribution in [0.4, 0.5) is 0 Å². The van der Waals surface area contributed by atoms with Gasteiger partial charge in [0.1, 0.15) is 23.7 Å². The minimum absolute atomic E-state index is 0.149. The Kier molecular flexibility index (Phi) is 5.68. The molecule has 0 radical (unpaired) electrons. The van der Waals surface area contributed by atoms with Gasteiger partial charge in [-0.3, -0.25) is 19.3 Å². The standard InChI is InChI=1S/C16H18N4O7S/c1-3-11-17-9(19-27-11)4-10(22)18-12-14(23)20-13(16(24)25)8(5-26-7(2)21)6-28-15(12)20/h12,15H,3-6H2,1-2H3,(H,18,22)(H,24,25)/t12?,15-/m0/s1. The van der Waals surface area contributed by atoms with Crippen molar-refractivity contribution < 1.29 is 33.5 Å². The van der Waals surface area contributed by atoms with Gasteiger partial charge in [-0.25, -0.2) is 4.79 Å². The minimum atomic E-state index is -1.29. The number of hydrogen-bond acceptors (Lipinski definition) is 9. The fourth-order valence-electron chi connectivity index (χ4n) is 2.86. The van der Waals surface area contributed by atoms with Crippen molar-refractivity contribution in [1.82, 2.24) is 20.4 Å². The average molecular weight is 410 g/mol. The molecule has 0 spiro atoms. The van der Waals surface area contributed by atoms with E-state index >= 15 is 0 Å². The van der Waals surface area contributed by atoms with Gasteiger partial charge in [-0.05, 0) is 0 Å². The molecule has 2 aliphatic heterocycles. The molecule has 2 N–H and O–H groups in total. The minimum Gasteiger partial charge on any atom is -0.477 e. The molecule has 2 aliphatic rings. The quantitative estimate of drug-likeness (QED) is 0.443. The highest BCUT2D eigenvalue weighted by Crippen LogP contribution is 2.40. The van der Waals surface area contributed by atoms with E-state index in [0.29, 0.717) is 17.9 Å². The molecule has 28 heavy (non-hydrogen) atoms. The first-order chi connectivity index (χ1) is 13.3. The number of nitrogens with zero attached hydrogens (tertiary/aromatic N) is 3. The van der Waals surface area contributed by atoms with Crippen LogP contribution in [-0.2, 0) is 36.8 Å². The van der Waals surface area contributed by atoms with Gasteiger partial charge in [-0.1, -0.05) is 12.1 Å². The molecule has 3 rings (SSSR count). The number of carboxylic acid groups (broad SMARTS) is 1. The topological polar surface area (TPSA) is 152 Å². The largest absolute Gasteiger partial charge is 0.477 e. The Morgan fingerprint density at radius 1 is 1.43 bits per heavy atom. The maximum absolute atomic E-state index is 12.5. The second-order valence-corrected chi connectivity index (χ2v) is 7.23. The molecular formula is C16H18N4O7S. The fraction of sp³-hybridized carbons (Fsp3) is 0.500. The number of nitrogens with one attached hydrogen (secondary N) is 1. The van der Waals surface area contributed by atoms with E-state index in [2.05, 4.69) is 15.5 Å². The van der Waals surface area contributed by atoms with Crippen LogP contribution in [0.25, 0.3) is 0 Å². The van der Waals surface area contributed by atoms with Crippen LogP contribution in [0.3, 0.4) is 0 Å². The molecular weight excluding hydrogens is 392 g/mol. The van der Waals surface area contributed by atoms with Crippen LogP contribution in [0.15, 0.2) is 15.8 Å². The molecule has 11 nitrogen and oxygen atoms in total. The number of fused-ring (bicyclic) bond motifs is 1. The van der Waals surface area contributed by atoms with Crippen molar-refractivity contribution in [3.05, 3.63) is 23.0 Å². The predicted octanol–water partition coefficient (Wildman–Crippen LogP) is -0.524. The lowest BCUT2D eigenvalue weighted by molar-refractivity contribution is -0.151. The molecule has 0 bridgehead atoms. The Morgan fingerprint density at radius 3 is 2.79 bits per heavy atom. The number of carbonyl (C=O) groups excluding carboxylic acids is 3. The van der Waals surface area contributed by atoms with Crippen molar-refractivity contribution in [2.75, 3.05) is 12.4 Å². The van der Waals surface area contributed by atoms with E-state index in [4.69, 9.17) is 9.26 Å². The molecule has 150 valence electrons. The summed E-state index contributed by atoms with van der Waals surface area (Å²) in [7, 11) is 0.